The van der Waals surface area contributed by atoms with Gasteiger partial charge in [0.15, 0.2) is 0 Å². The van der Waals surface area contributed by atoms with E-state index in [0.717, 1.165) is 30.9 Å². The number of hydrogen-bond acceptors (Lipinski definition) is 7. The largest absolute Gasteiger partial charge is 0.462 e. The lowest BCUT2D eigenvalue weighted by Crippen LogP contribution is -2.37. The Morgan fingerprint density at radius 1 is 1.52 bits per heavy atom. The molecule has 2 heterocycles. The molecule has 0 aromatic carbocycles. The van der Waals surface area contributed by atoms with Crippen LogP contribution >= 0.6 is 11.3 Å². The van der Waals surface area contributed by atoms with E-state index in [1.807, 2.05) is 6.07 Å². The molecule has 0 atom stereocenters. The van der Waals surface area contributed by atoms with E-state index in [1.165, 1.54) is 11.3 Å². The van der Waals surface area contributed by atoms with Crippen molar-refractivity contribution in [3.05, 3.63) is 10.4 Å². The minimum absolute atomic E-state index is 0.227. The molecule has 0 saturated carbocycles. The van der Waals surface area contributed by atoms with Crippen LogP contribution in [0.3, 0.4) is 0 Å². The first-order valence-electron chi connectivity index (χ1n) is 6.89. The van der Waals surface area contributed by atoms with Crippen LogP contribution in [0.4, 0.5) is 10.7 Å². The zero-order valence-corrected chi connectivity index (χ0v) is 13.0. The lowest BCUT2D eigenvalue weighted by atomic mass is 10.1. The van der Waals surface area contributed by atoms with Crippen LogP contribution in [-0.2, 0) is 9.47 Å². The Bertz CT molecular complexity index is 557. The van der Waals surface area contributed by atoms with Crippen molar-refractivity contribution in [3.8, 4) is 6.07 Å². The summed E-state index contributed by atoms with van der Waals surface area (Å²) in [6.07, 6.45) is 2.02. The number of nitrogen functional groups attached to an aromatic ring is 1. The molecule has 21 heavy (non-hydrogen) atoms. The molecule has 7 heteroatoms. The Hall–Kier alpha value is -1.78. The molecular formula is C14H19N3O3S. The van der Waals surface area contributed by atoms with Gasteiger partial charge in [-0.15, -0.1) is 11.3 Å². The van der Waals surface area contributed by atoms with Gasteiger partial charge in [0.25, 0.3) is 0 Å². The Morgan fingerprint density at radius 2 is 2.19 bits per heavy atom. The van der Waals surface area contributed by atoms with Gasteiger partial charge in [-0.05, 0) is 19.8 Å². The molecule has 6 nitrogen and oxygen atoms in total. The van der Waals surface area contributed by atoms with Crippen LogP contribution in [-0.4, -0.2) is 38.9 Å². The van der Waals surface area contributed by atoms with Gasteiger partial charge >= 0.3 is 5.97 Å². The summed E-state index contributed by atoms with van der Waals surface area (Å²) < 4.78 is 10.4. The maximum absolute atomic E-state index is 12.1. The summed E-state index contributed by atoms with van der Waals surface area (Å²) in [4.78, 5) is 14.6. The van der Waals surface area contributed by atoms with Gasteiger partial charge in [-0.1, -0.05) is 0 Å². The summed E-state index contributed by atoms with van der Waals surface area (Å²) >= 11 is 1.25. The standard InChI is InChI=1S/C14H19N3O3S/c1-3-20-14(18)11-12(16)10(8-15)21-13(11)17-6-4-9(19-2)5-7-17/h9H,3-7,16H2,1-2H3. The highest BCUT2D eigenvalue weighted by atomic mass is 32.1. The van der Waals surface area contributed by atoms with Gasteiger partial charge in [0, 0.05) is 20.2 Å². The van der Waals surface area contributed by atoms with E-state index in [1.54, 1.807) is 14.0 Å². The fraction of sp³-hybridized carbons (Fsp3) is 0.571. The first-order valence-corrected chi connectivity index (χ1v) is 7.71. The lowest BCUT2D eigenvalue weighted by molar-refractivity contribution is 0.0528. The van der Waals surface area contributed by atoms with Gasteiger partial charge in [0.05, 0.1) is 18.4 Å². The molecule has 1 aromatic heterocycles. The van der Waals surface area contributed by atoms with Crippen molar-refractivity contribution in [1.82, 2.24) is 0 Å². The van der Waals surface area contributed by atoms with Crippen LogP contribution in [0, 0.1) is 11.3 Å². The molecule has 2 rings (SSSR count). The first kappa shape index (κ1) is 15.6. The van der Waals surface area contributed by atoms with E-state index in [0.29, 0.717) is 10.4 Å². The van der Waals surface area contributed by atoms with Gasteiger partial charge in [0.2, 0.25) is 0 Å². The Labute approximate surface area is 128 Å². The molecule has 1 aliphatic rings. The van der Waals surface area contributed by atoms with Crippen molar-refractivity contribution in [2.24, 2.45) is 0 Å². The number of carbonyl (C=O) groups excluding carboxylic acids is 1. The highest BCUT2D eigenvalue weighted by molar-refractivity contribution is 7.17. The van der Waals surface area contributed by atoms with E-state index in [2.05, 4.69) is 4.90 Å². The maximum atomic E-state index is 12.1. The molecule has 0 spiro atoms. The van der Waals surface area contributed by atoms with Crippen LogP contribution < -0.4 is 10.6 Å². The molecule has 0 radical (unpaired) electrons. The van der Waals surface area contributed by atoms with Crippen molar-refractivity contribution in [3.63, 3.8) is 0 Å². The molecule has 1 saturated heterocycles. The van der Waals surface area contributed by atoms with Crippen molar-refractivity contribution in [1.29, 1.82) is 5.26 Å². The van der Waals surface area contributed by atoms with Crippen molar-refractivity contribution < 1.29 is 14.3 Å². The maximum Gasteiger partial charge on any atom is 0.343 e. The van der Waals surface area contributed by atoms with Crippen LogP contribution in [0.1, 0.15) is 35.0 Å². The van der Waals surface area contributed by atoms with Crippen LogP contribution in [0.2, 0.25) is 0 Å². The number of nitrogens with zero attached hydrogens (tertiary/aromatic N) is 2. The highest BCUT2D eigenvalue weighted by Gasteiger charge is 2.29. The number of piperidine rings is 1. The third-order valence-electron chi connectivity index (χ3n) is 3.57. The summed E-state index contributed by atoms with van der Waals surface area (Å²) in [5.74, 6) is -0.461. The zero-order chi connectivity index (χ0) is 15.4. The normalized spacial score (nSPS) is 15.8. The number of esters is 1. The molecule has 0 bridgehead atoms. The Kier molecular flexibility index (Phi) is 5.04. The summed E-state index contributed by atoms with van der Waals surface area (Å²) in [5, 5.41) is 9.87. The highest BCUT2D eigenvalue weighted by Crippen LogP contribution is 2.39. The molecule has 1 fully saturated rings. The summed E-state index contributed by atoms with van der Waals surface area (Å²) in [6, 6.07) is 2.05. The summed E-state index contributed by atoms with van der Waals surface area (Å²) in [6.45, 7) is 3.57. The minimum atomic E-state index is -0.461. The quantitative estimate of drug-likeness (QED) is 0.856. The predicted octanol–water partition coefficient (Wildman–Crippen LogP) is 1.99. The predicted molar refractivity (Wildman–Crippen MR) is 81.6 cm³/mol. The number of nitrogens with two attached hydrogens (primary N) is 1. The third kappa shape index (κ3) is 3.12. The van der Waals surface area contributed by atoms with Crippen LogP contribution in [0.5, 0.6) is 0 Å². The number of hydrogen-bond donors (Lipinski definition) is 1. The van der Waals surface area contributed by atoms with Gasteiger partial charge < -0.3 is 20.1 Å². The van der Waals surface area contributed by atoms with E-state index in [-0.39, 0.29) is 18.4 Å². The third-order valence-corrected chi connectivity index (χ3v) is 4.74. The average Bonchev–Trinajstić information content (AvgIpc) is 2.84. The van der Waals surface area contributed by atoms with Gasteiger partial charge in [0.1, 0.15) is 21.5 Å². The number of thiophene rings is 1. The number of rotatable bonds is 4. The molecule has 114 valence electrons. The van der Waals surface area contributed by atoms with Crippen molar-refractivity contribution in [2.75, 3.05) is 37.4 Å². The molecular weight excluding hydrogens is 290 g/mol. The topological polar surface area (TPSA) is 88.6 Å². The van der Waals surface area contributed by atoms with Crippen molar-refractivity contribution in [2.45, 2.75) is 25.9 Å². The Balaban J connectivity index is 2.30. The monoisotopic (exact) mass is 309 g/mol. The van der Waals surface area contributed by atoms with Crippen molar-refractivity contribution >= 4 is 28.0 Å². The van der Waals surface area contributed by atoms with E-state index in [9.17, 15) is 4.79 Å². The number of carbonyl (C=O) groups is 1. The fourth-order valence-electron chi connectivity index (χ4n) is 2.43. The van der Waals surface area contributed by atoms with Crippen LogP contribution in [0.25, 0.3) is 0 Å². The number of nitriles is 1. The van der Waals surface area contributed by atoms with E-state index in [4.69, 9.17) is 20.5 Å². The second kappa shape index (κ2) is 6.78. The first-order chi connectivity index (χ1) is 10.1. The number of methoxy groups -OCH3 is 1. The van der Waals surface area contributed by atoms with Gasteiger partial charge in [-0.3, -0.25) is 0 Å². The average molecular weight is 309 g/mol. The van der Waals surface area contributed by atoms with E-state index < -0.39 is 5.97 Å². The minimum Gasteiger partial charge on any atom is -0.462 e. The second-order valence-electron chi connectivity index (χ2n) is 4.78. The SMILES string of the molecule is CCOC(=O)c1c(N2CCC(OC)CC2)sc(C#N)c1N. The molecule has 0 aliphatic carbocycles. The summed E-state index contributed by atoms with van der Waals surface area (Å²) in [7, 11) is 1.71. The smallest absolute Gasteiger partial charge is 0.343 e. The molecule has 1 aromatic rings. The second-order valence-corrected chi connectivity index (χ2v) is 5.78. The zero-order valence-electron chi connectivity index (χ0n) is 12.2. The lowest BCUT2D eigenvalue weighted by Gasteiger charge is -2.32. The van der Waals surface area contributed by atoms with E-state index >= 15 is 0 Å². The molecule has 2 N–H and O–H groups in total. The van der Waals surface area contributed by atoms with Gasteiger partial charge in [-0.25, -0.2) is 4.79 Å². The Morgan fingerprint density at radius 3 is 2.71 bits per heavy atom. The summed E-state index contributed by atoms with van der Waals surface area (Å²) in [5.41, 5.74) is 6.50. The molecule has 0 unspecified atom stereocenters. The number of anilines is 2. The number of ether oxygens (including phenoxy) is 2. The molecule has 0 amide bonds. The molecule has 1 aliphatic heterocycles. The fourth-order valence-corrected chi connectivity index (χ4v) is 3.49. The van der Waals surface area contributed by atoms with Crippen LogP contribution in [0.15, 0.2) is 0 Å². The van der Waals surface area contributed by atoms with Gasteiger partial charge in [-0.2, -0.15) is 5.26 Å².